The normalized spacial score (nSPS) is 11.0. The molecule has 7 nitrogen and oxygen atoms in total. The van der Waals surface area contributed by atoms with E-state index in [0.717, 1.165) is 15.7 Å². The van der Waals surface area contributed by atoms with Crippen LogP contribution in [0.3, 0.4) is 0 Å². The number of hydrogen-bond acceptors (Lipinski definition) is 5. The number of rotatable bonds is 7. The first kappa shape index (κ1) is 20.3. The first-order valence-electron chi connectivity index (χ1n) is 9.27. The van der Waals surface area contributed by atoms with Crippen LogP contribution in [0.2, 0.25) is 0 Å². The fourth-order valence-electron chi connectivity index (χ4n) is 3.24. The van der Waals surface area contributed by atoms with Gasteiger partial charge in [-0.1, -0.05) is 60.7 Å². The van der Waals surface area contributed by atoms with Crippen LogP contribution in [0.4, 0.5) is 5.82 Å². The van der Waals surface area contributed by atoms with E-state index in [9.17, 15) is 14.4 Å². The van der Waals surface area contributed by atoms with Crippen molar-refractivity contribution in [3.8, 4) is 0 Å². The summed E-state index contributed by atoms with van der Waals surface area (Å²) in [5.41, 5.74) is 6.67. The molecule has 29 heavy (non-hydrogen) atoms. The molecule has 1 aromatic heterocycles. The summed E-state index contributed by atoms with van der Waals surface area (Å²) in [5, 5.41) is 0. The average Bonchev–Trinajstić information content (AvgIpc) is 2.71. The van der Waals surface area contributed by atoms with Gasteiger partial charge in [-0.25, -0.2) is 4.79 Å². The molecule has 1 heterocycles. The van der Waals surface area contributed by atoms with Crippen molar-refractivity contribution in [3.05, 3.63) is 98.2 Å². The van der Waals surface area contributed by atoms with E-state index < -0.39 is 17.0 Å². The molecule has 0 spiro atoms. The maximum Gasteiger partial charge on any atom is 0.332 e. The van der Waals surface area contributed by atoms with E-state index in [1.807, 2.05) is 65.6 Å². The molecule has 0 aliphatic carbocycles. The molecule has 0 saturated heterocycles. The number of nitrogens with zero attached hydrogens (tertiary/aromatic N) is 3. The largest absolute Gasteiger partial charge is 0.384 e. The minimum atomic E-state index is -0.671. The Bertz CT molecular complexity index is 1120. The van der Waals surface area contributed by atoms with Crippen molar-refractivity contribution in [2.24, 2.45) is 7.05 Å². The number of aromatic nitrogens is 2. The lowest BCUT2D eigenvalue weighted by atomic mass is 10.1. The van der Waals surface area contributed by atoms with Crippen LogP contribution < -0.4 is 17.0 Å². The minimum absolute atomic E-state index is 0.0118. The SMILES string of the molecule is CN(CC(=O)c1c(N)n(Cc2ccccc2)c(=O)n(C)c1=O)Cc1ccccc1. The van der Waals surface area contributed by atoms with Gasteiger partial charge in [0.25, 0.3) is 5.56 Å². The van der Waals surface area contributed by atoms with Crippen molar-refractivity contribution in [2.45, 2.75) is 13.1 Å². The maximum atomic E-state index is 12.9. The third kappa shape index (κ3) is 4.52. The summed E-state index contributed by atoms with van der Waals surface area (Å²) in [6, 6.07) is 19.0. The van der Waals surface area contributed by atoms with Crippen LogP contribution in [0.15, 0.2) is 70.3 Å². The van der Waals surface area contributed by atoms with Gasteiger partial charge in [0.05, 0.1) is 13.1 Å². The molecule has 0 aliphatic rings. The molecule has 2 aromatic carbocycles. The third-order valence-electron chi connectivity index (χ3n) is 4.75. The Balaban J connectivity index is 1.91. The quantitative estimate of drug-likeness (QED) is 0.616. The van der Waals surface area contributed by atoms with E-state index in [1.165, 1.54) is 11.6 Å². The van der Waals surface area contributed by atoms with Crippen LogP contribution in [0.25, 0.3) is 0 Å². The second-order valence-corrected chi connectivity index (χ2v) is 7.06. The summed E-state index contributed by atoms with van der Waals surface area (Å²) in [6.45, 7) is 0.744. The predicted molar refractivity (Wildman–Crippen MR) is 113 cm³/mol. The summed E-state index contributed by atoms with van der Waals surface area (Å²) >= 11 is 0. The lowest BCUT2D eigenvalue weighted by molar-refractivity contribution is 0.0941. The molecule has 0 saturated carbocycles. The summed E-state index contributed by atoms with van der Waals surface area (Å²) in [4.78, 5) is 39.9. The van der Waals surface area contributed by atoms with Crippen LogP contribution in [0.1, 0.15) is 21.5 Å². The van der Waals surface area contributed by atoms with E-state index >= 15 is 0 Å². The van der Waals surface area contributed by atoms with Crippen molar-refractivity contribution >= 4 is 11.6 Å². The first-order chi connectivity index (χ1) is 13.9. The van der Waals surface area contributed by atoms with Crippen molar-refractivity contribution in [3.63, 3.8) is 0 Å². The molecule has 3 aromatic rings. The molecule has 3 rings (SSSR count). The Hall–Kier alpha value is -3.45. The first-order valence-corrected chi connectivity index (χ1v) is 9.27. The standard InChI is InChI=1S/C22H24N4O3/c1-24(13-16-9-5-3-6-10-16)15-18(27)19-20(23)26(22(29)25(2)21(19)28)14-17-11-7-4-8-12-17/h3-12H,13-15,23H2,1-2H3. The second-order valence-electron chi connectivity index (χ2n) is 7.06. The topological polar surface area (TPSA) is 90.3 Å². The zero-order valence-electron chi connectivity index (χ0n) is 16.5. The number of ketones is 1. The van der Waals surface area contributed by atoms with Crippen LogP contribution in [0, 0.1) is 0 Å². The van der Waals surface area contributed by atoms with Crippen molar-refractivity contribution in [1.29, 1.82) is 0 Å². The Labute approximate surface area is 168 Å². The van der Waals surface area contributed by atoms with Gasteiger partial charge in [0.15, 0.2) is 5.78 Å². The average molecular weight is 392 g/mol. The van der Waals surface area contributed by atoms with E-state index in [0.29, 0.717) is 6.54 Å². The van der Waals surface area contributed by atoms with Gasteiger partial charge in [-0.05, 0) is 18.2 Å². The van der Waals surface area contributed by atoms with Gasteiger partial charge in [0, 0.05) is 13.6 Å². The zero-order valence-corrected chi connectivity index (χ0v) is 16.5. The number of anilines is 1. The Kier molecular flexibility index (Phi) is 6.09. The molecular weight excluding hydrogens is 368 g/mol. The van der Waals surface area contributed by atoms with Crippen molar-refractivity contribution in [1.82, 2.24) is 14.0 Å². The molecule has 7 heteroatoms. The van der Waals surface area contributed by atoms with Gasteiger partial charge in [-0.3, -0.25) is 23.6 Å². The van der Waals surface area contributed by atoms with Crippen LogP contribution >= 0.6 is 0 Å². The highest BCUT2D eigenvalue weighted by Crippen LogP contribution is 2.11. The molecular formula is C22H24N4O3. The monoisotopic (exact) mass is 392 g/mol. The number of Topliss-reactive ketones (excluding diaryl/α,β-unsaturated/α-hetero) is 1. The fraction of sp³-hybridized carbons (Fsp3) is 0.227. The molecule has 150 valence electrons. The van der Waals surface area contributed by atoms with Gasteiger partial charge in [-0.15, -0.1) is 0 Å². The molecule has 0 bridgehead atoms. The maximum absolute atomic E-state index is 12.9. The molecule has 0 radical (unpaired) electrons. The van der Waals surface area contributed by atoms with E-state index in [2.05, 4.69) is 0 Å². The Morgan fingerprint density at radius 3 is 2.10 bits per heavy atom. The lowest BCUT2D eigenvalue weighted by Crippen LogP contribution is -2.44. The highest BCUT2D eigenvalue weighted by molar-refractivity contribution is 6.01. The molecule has 0 atom stereocenters. The second kappa shape index (κ2) is 8.70. The van der Waals surface area contributed by atoms with Gasteiger partial charge in [0.1, 0.15) is 11.4 Å². The summed E-state index contributed by atoms with van der Waals surface area (Å²) in [7, 11) is 3.15. The predicted octanol–water partition coefficient (Wildman–Crippen LogP) is 1.49. The zero-order chi connectivity index (χ0) is 21.0. The number of carbonyl (C=O) groups excluding carboxylic acids is 1. The molecule has 0 fully saturated rings. The number of carbonyl (C=O) groups is 1. The van der Waals surface area contributed by atoms with Crippen molar-refractivity contribution < 1.29 is 4.79 Å². The van der Waals surface area contributed by atoms with E-state index in [-0.39, 0.29) is 24.5 Å². The third-order valence-corrected chi connectivity index (χ3v) is 4.75. The van der Waals surface area contributed by atoms with E-state index in [4.69, 9.17) is 5.73 Å². The van der Waals surface area contributed by atoms with Crippen LogP contribution in [-0.4, -0.2) is 33.4 Å². The summed E-state index contributed by atoms with van der Waals surface area (Å²) < 4.78 is 2.20. The Morgan fingerprint density at radius 2 is 1.52 bits per heavy atom. The number of hydrogen-bond donors (Lipinski definition) is 1. The van der Waals surface area contributed by atoms with Gasteiger partial charge >= 0.3 is 5.69 Å². The highest BCUT2D eigenvalue weighted by Gasteiger charge is 2.22. The smallest absolute Gasteiger partial charge is 0.332 e. The van der Waals surface area contributed by atoms with Crippen LogP contribution in [-0.2, 0) is 20.1 Å². The minimum Gasteiger partial charge on any atom is -0.384 e. The van der Waals surface area contributed by atoms with E-state index in [1.54, 1.807) is 7.05 Å². The number of likely N-dealkylation sites (N-methyl/N-ethyl adjacent to an activating group) is 1. The molecule has 0 amide bonds. The number of nitrogen functional groups attached to an aromatic ring is 1. The number of benzene rings is 2. The number of nitrogens with two attached hydrogens (primary N) is 1. The Morgan fingerprint density at radius 1 is 0.966 bits per heavy atom. The lowest BCUT2D eigenvalue weighted by Gasteiger charge is -2.18. The van der Waals surface area contributed by atoms with Gasteiger partial charge < -0.3 is 5.73 Å². The summed E-state index contributed by atoms with van der Waals surface area (Å²) in [5.74, 6) is -0.511. The highest BCUT2D eigenvalue weighted by atomic mass is 16.2. The van der Waals surface area contributed by atoms with Gasteiger partial charge in [0.2, 0.25) is 0 Å². The summed E-state index contributed by atoms with van der Waals surface area (Å²) in [6.07, 6.45) is 0. The molecule has 2 N–H and O–H groups in total. The van der Waals surface area contributed by atoms with Crippen molar-refractivity contribution in [2.75, 3.05) is 19.3 Å². The fourth-order valence-corrected chi connectivity index (χ4v) is 3.24. The molecule has 0 unspecified atom stereocenters. The van der Waals surface area contributed by atoms with Crippen LogP contribution in [0.5, 0.6) is 0 Å². The molecule has 0 aliphatic heterocycles. The van der Waals surface area contributed by atoms with Gasteiger partial charge in [-0.2, -0.15) is 0 Å².